The first-order valence-electron chi connectivity index (χ1n) is 7.12. The van der Waals surface area contributed by atoms with E-state index in [1.807, 2.05) is 24.3 Å². The van der Waals surface area contributed by atoms with E-state index in [1.165, 1.54) is 17.7 Å². The average Bonchev–Trinajstić information content (AvgIpc) is 2.91. The van der Waals surface area contributed by atoms with Gasteiger partial charge in [-0.25, -0.2) is 9.18 Å². The second-order valence-electron chi connectivity index (χ2n) is 5.14. The maximum atomic E-state index is 13.1. The first-order valence-corrected chi connectivity index (χ1v) is 7.12. The van der Waals surface area contributed by atoms with E-state index in [0.29, 0.717) is 19.5 Å². The number of nitrogens with one attached hydrogen (secondary N) is 1. The zero-order valence-corrected chi connectivity index (χ0v) is 11.7. The Labute approximate surface area is 123 Å². The number of amides is 2. The summed E-state index contributed by atoms with van der Waals surface area (Å²) in [5.41, 5.74) is 3.08. The topological polar surface area (TPSA) is 32.3 Å². The number of carbonyl (C=O) groups is 1. The van der Waals surface area contributed by atoms with Crippen LogP contribution in [0.4, 0.5) is 14.9 Å². The number of hydrogen-bond acceptors (Lipinski definition) is 1. The summed E-state index contributed by atoms with van der Waals surface area (Å²) < 4.78 is 13.1. The second kappa shape index (κ2) is 5.95. The highest BCUT2D eigenvalue weighted by Crippen LogP contribution is 2.27. The van der Waals surface area contributed by atoms with Gasteiger partial charge in [-0.3, -0.25) is 4.90 Å². The number of anilines is 1. The molecule has 1 aliphatic heterocycles. The Kier molecular flexibility index (Phi) is 3.86. The molecule has 2 aromatic carbocycles. The van der Waals surface area contributed by atoms with Crippen molar-refractivity contribution in [1.29, 1.82) is 0 Å². The fraction of sp³-hybridized carbons (Fsp3) is 0.235. The van der Waals surface area contributed by atoms with Gasteiger partial charge in [0.2, 0.25) is 0 Å². The van der Waals surface area contributed by atoms with E-state index in [1.54, 1.807) is 11.0 Å². The summed E-state index contributed by atoms with van der Waals surface area (Å²) in [4.78, 5) is 14.0. The van der Waals surface area contributed by atoms with Gasteiger partial charge in [-0.2, -0.15) is 0 Å². The third kappa shape index (κ3) is 3.05. The average molecular weight is 284 g/mol. The van der Waals surface area contributed by atoms with Crippen molar-refractivity contribution in [1.82, 2.24) is 5.32 Å². The van der Waals surface area contributed by atoms with E-state index in [4.69, 9.17) is 0 Å². The summed E-state index contributed by atoms with van der Waals surface area (Å²) in [6.07, 6.45) is 1.52. The molecule has 0 saturated carbocycles. The smallest absolute Gasteiger partial charge is 0.321 e. The summed E-state index contributed by atoms with van der Waals surface area (Å²) in [6, 6.07) is 14.3. The van der Waals surface area contributed by atoms with Gasteiger partial charge in [-0.1, -0.05) is 30.3 Å². The highest BCUT2D eigenvalue weighted by Gasteiger charge is 2.23. The van der Waals surface area contributed by atoms with E-state index < -0.39 is 0 Å². The molecule has 108 valence electrons. The molecule has 2 amide bonds. The third-order valence-electron chi connectivity index (χ3n) is 3.71. The van der Waals surface area contributed by atoms with Crippen LogP contribution in [0.3, 0.4) is 0 Å². The van der Waals surface area contributed by atoms with Crippen molar-refractivity contribution in [3.63, 3.8) is 0 Å². The number of halogens is 1. The Bertz CT molecular complexity index is 657. The van der Waals surface area contributed by atoms with Crippen molar-refractivity contribution in [2.24, 2.45) is 0 Å². The lowest BCUT2D eigenvalue weighted by molar-refractivity contribution is 0.247. The minimum absolute atomic E-state index is 0.0867. The standard InChI is InChI=1S/C17H17FN2O/c18-15-6-3-4-13(12-15)8-10-19-17(21)20-11-9-14-5-1-2-7-16(14)20/h1-7,12H,8-11H2,(H,19,21). The monoisotopic (exact) mass is 284 g/mol. The van der Waals surface area contributed by atoms with Crippen molar-refractivity contribution in [3.8, 4) is 0 Å². The molecule has 0 radical (unpaired) electrons. The van der Waals surface area contributed by atoms with Gasteiger partial charge in [0.25, 0.3) is 0 Å². The molecule has 4 heteroatoms. The summed E-state index contributed by atoms with van der Waals surface area (Å²) in [5, 5.41) is 2.90. The van der Waals surface area contributed by atoms with E-state index >= 15 is 0 Å². The molecule has 0 atom stereocenters. The summed E-state index contributed by atoms with van der Waals surface area (Å²) in [5.74, 6) is -0.243. The number of hydrogen-bond donors (Lipinski definition) is 1. The van der Waals surface area contributed by atoms with Gasteiger partial charge < -0.3 is 5.32 Å². The number of nitrogens with zero attached hydrogens (tertiary/aromatic N) is 1. The van der Waals surface area contributed by atoms with Crippen LogP contribution in [0.15, 0.2) is 48.5 Å². The van der Waals surface area contributed by atoms with Gasteiger partial charge in [-0.15, -0.1) is 0 Å². The summed E-state index contributed by atoms with van der Waals surface area (Å²) in [7, 11) is 0. The van der Waals surface area contributed by atoms with E-state index in [-0.39, 0.29) is 11.8 Å². The molecule has 0 spiro atoms. The fourth-order valence-corrected chi connectivity index (χ4v) is 2.65. The molecule has 2 aromatic rings. The lowest BCUT2D eigenvalue weighted by atomic mass is 10.1. The highest BCUT2D eigenvalue weighted by atomic mass is 19.1. The molecular formula is C17H17FN2O. The minimum atomic E-state index is -0.243. The first kappa shape index (κ1) is 13.6. The molecular weight excluding hydrogens is 267 g/mol. The van der Waals surface area contributed by atoms with Crippen molar-refractivity contribution in [2.75, 3.05) is 18.0 Å². The van der Waals surface area contributed by atoms with Crippen molar-refractivity contribution >= 4 is 11.7 Å². The number of benzene rings is 2. The third-order valence-corrected chi connectivity index (χ3v) is 3.71. The second-order valence-corrected chi connectivity index (χ2v) is 5.14. The maximum Gasteiger partial charge on any atom is 0.321 e. The zero-order chi connectivity index (χ0) is 14.7. The van der Waals surface area contributed by atoms with Crippen LogP contribution >= 0.6 is 0 Å². The van der Waals surface area contributed by atoms with Gasteiger partial charge in [0, 0.05) is 18.8 Å². The van der Waals surface area contributed by atoms with Gasteiger partial charge >= 0.3 is 6.03 Å². The van der Waals surface area contributed by atoms with Crippen LogP contribution in [0.5, 0.6) is 0 Å². The van der Waals surface area contributed by atoms with Crippen LogP contribution in [-0.4, -0.2) is 19.1 Å². The highest BCUT2D eigenvalue weighted by molar-refractivity contribution is 5.94. The fourth-order valence-electron chi connectivity index (χ4n) is 2.65. The first-order chi connectivity index (χ1) is 10.2. The van der Waals surface area contributed by atoms with Gasteiger partial charge in [-0.05, 0) is 42.2 Å². The zero-order valence-electron chi connectivity index (χ0n) is 11.7. The van der Waals surface area contributed by atoms with Crippen LogP contribution in [0, 0.1) is 5.82 Å². The molecule has 0 unspecified atom stereocenters. The van der Waals surface area contributed by atoms with Crippen molar-refractivity contribution in [3.05, 3.63) is 65.5 Å². The number of urea groups is 1. The minimum Gasteiger partial charge on any atom is -0.337 e. The molecule has 21 heavy (non-hydrogen) atoms. The Balaban J connectivity index is 1.56. The maximum absolute atomic E-state index is 13.1. The lowest BCUT2D eigenvalue weighted by Crippen LogP contribution is -2.39. The number of fused-ring (bicyclic) bond motifs is 1. The molecule has 1 N–H and O–H groups in total. The van der Waals surface area contributed by atoms with Crippen LogP contribution in [-0.2, 0) is 12.8 Å². The number of para-hydroxylation sites is 1. The molecule has 3 rings (SSSR count). The molecule has 0 saturated heterocycles. The molecule has 0 aromatic heterocycles. The quantitative estimate of drug-likeness (QED) is 0.922. The Hall–Kier alpha value is -2.36. The predicted octanol–water partition coefficient (Wildman–Crippen LogP) is 3.14. The summed E-state index contributed by atoms with van der Waals surface area (Å²) in [6.45, 7) is 1.21. The molecule has 0 bridgehead atoms. The number of rotatable bonds is 3. The predicted molar refractivity (Wildman–Crippen MR) is 81.0 cm³/mol. The Morgan fingerprint density at radius 1 is 1.19 bits per heavy atom. The Morgan fingerprint density at radius 3 is 2.90 bits per heavy atom. The molecule has 1 heterocycles. The van der Waals surface area contributed by atoms with Gasteiger partial charge in [0.1, 0.15) is 5.82 Å². The summed E-state index contributed by atoms with van der Waals surface area (Å²) >= 11 is 0. The lowest BCUT2D eigenvalue weighted by Gasteiger charge is -2.18. The van der Waals surface area contributed by atoms with E-state index in [9.17, 15) is 9.18 Å². The Morgan fingerprint density at radius 2 is 2.05 bits per heavy atom. The largest absolute Gasteiger partial charge is 0.337 e. The molecule has 0 fully saturated rings. The van der Waals surface area contributed by atoms with Crippen LogP contribution in [0.25, 0.3) is 0 Å². The normalized spacial score (nSPS) is 13.1. The molecule has 1 aliphatic rings. The van der Waals surface area contributed by atoms with Crippen molar-refractivity contribution < 1.29 is 9.18 Å². The van der Waals surface area contributed by atoms with Gasteiger partial charge in [0.05, 0.1) is 0 Å². The van der Waals surface area contributed by atoms with Crippen LogP contribution in [0.1, 0.15) is 11.1 Å². The SMILES string of the molecule is O=C(NCCc1cccc(F)c1)N1CCc2ccccc21. The van der Waals surface area contributed by atoms with Gasteiger partial charge in [0.15, 0.2) is 0 Å². The number of carbonyl (C=O) groups excluding carboxylic acids is 1. The van der Waals surface area contributed by atoms with E-state index in [0.717, 1.165) is 17.7 Å². The van der Waals surface area contributed by atoms with Crippen LogP contribution < -0.4 is 10.2 Å². The molecule has 0 aliphatic carbocycles. The van der Waals surface area contributed by atoms with Crippen molar-refractivity contribution in [2.45, 2.75) is 12.8 Å². The van der Waals surface area contributed by atoms with E-state index in [2.05, 4.69) is 11.4 Å². The molecule has 3 nitrogen and oxygen atoms in total. The van der Waals surface area contributed by atoms with Crippen LogP contribution in [0.2, 0.25) is 0 Å².